The van der Waals surface area contributed by atoms with E-state index in [2.05, 4.69) is 45.2 Å². The normalized spacial score (nSPS) is 4.50. The molecule has 0 aromatic rings. The Morgan fingerprint density at radius 1 is 1.25 bits per heavy atom. The van der Waals surface area contributed by atoms with Crippen molar-refractivity contribution in [2.45, 2.75) is 0 Å². The van der Waals surface area contributed by atoms with Crippen LogP contribution >= 0.6 is 45.2 Å². The number of hydrogen-bond donors (Lipinski definition) is 0. The molecular formula is CHAgI2. The molecule has 0 saturated heterocycles. The molecule has 0 bridgehead atoms. The maximum Gasteiger partial charge on any atom is 1.00 e. The smallest absolute Gasteiger partial charge is 0.304 e. The van der Waals surface area contributed by atoms with Crippen molar-refractivity contribution in [2.75, 3.05) is 0 Å². The Hall–Kier alpha value is 2.20. The zero-order chi connectivity index (χ0) is 2.71. The third kappa shape index (κ3) is 8.89. The third-order valence-electron chi connectivity index (χ3n) is 0. The molecule has 4 heavy (non-hydrogen) atoms. The molecule has 30 valence electrons. The summed E-state index contributed by atoms with van der Waals surface area (Å²) in [7, 11) is 0. The second-order valence-electron chi connectivity index (χ2n) is 0.0825. The van der Waals surface area contributed by atoms with E-state index in [0.717, 1.165) is 0 Å². The number of halogens is 2. The summed E-state index contributed by atoms with van der Waals surface area (Å²) < 4.78 is 1.94. The van der Waals surface area contributed by atoms with Crippen molar-refractivity contribution >= 4 is 45.2 Å². The van der Waals surface area contributed by atoms with Gasteiger partial charge in [0, 0.05) is 0 Å². The van der Waals surface area contributed by atoms with Crippen LogP contribution in [0.15, 0.2) is 0 Å². The van der Waals surface area contributed by atoms with Crippen LogP contribution in [0.3, 0.4) is 0 Å². The Morgan fingerprint density at radius 2 is 1.25 bits per heavy atom. The minimum atomic E-state index is 0. The molecule has 3 heteroatoms. The molecule has 0 rings (SSSR count). The minimum Gasteiger partial charge on any atom is -0.304 e. The van der Waals surface area contributed by atoms with E-state index in [1.807, 2.05) is 2.43 Å². The minimum absolute atomic E-state index is 0. The van der Waals surface area contributed by atoms with Crippen LogP contribution in [0, 0.1) is 2.43 Å². The van der Waals surface area contributed by atoms with E-state index in [0.29, 0.717) is 0 Å². The van der Waals surface area contributed by atoms with Gasteiger partial charge in [0.25, 0.3) is 0 Å². The molecule has 0 aliphatic heterocycles. The quantitative estimate of drug-likeness (QED) is 0.345. The third-order valence-corrected chi connectivity index (χ3v) is 0. The van der Waals surface area contributed by atoms with Gasteiger partial charge < -0.3 is 45.2 Å². The maximum atomic E-state index is 2.15. The number of hydrogen-bond acceptors (Lipinski definition) is 0. The predicted molar refractivity (Wildman–Crippen MR) is 32.3 cm³/mol. The molecular weight excluding hydrogens is 374 g/mol. The van der Waals surface area contributed by atoms with Crippen molar-refractivity contribution in [3.8, 4) is 0 Å². The molecule has 0 aliphatic rings. The Labute approximate surface area is 68.9 Å². The van der Waals surface area contributed by atoms with Gasteiger partial charge in [-0.1, -0.05) is 0 Å². The molecule has 0 nitrogen and oxygen atoms in total. The zero-order valence-corrected chi connectivity index (χ0v) is 7.43. The van der Waals surface area contributed by atoms with Gasteiger partial charge in [0.1, 0.15) is 0 Å². The standard InChI is InChI=1S/CHI2.Ag/c2-1-3;/h1H;/q-1;+1. The van der Waals surface area contributed by atoms with E-state index < -0.39 is 0 Å². The fourth-order valence-corrected chi connectivity index (χ4v) is 0. The molecule has 0 fully saturated rings. The van der Waals surface area contributed by atoms with E-state index in [-0.39, 0.29) is 22.4 Å². The first-order chi connectivity index (χ1) is 1.41. The van der Waals surface area contributed by atoms with Crippen LogP contribution in [0.2, 0.25) is 0 Å². The molecule has 0 aliphatic carbocycles. The maximum absolute atomic E-state index is 2.15. The van der Waals surface area contributed by atoms with Gasteiger partial charge in [-0.3, -0.25) is 0 Å². The van der Waals surface area contributed by atoms with Crippen molar-refractivity contribution < 1.29 is 22.4 Å². The predicted octanol–water partition coefficient (Wildman–Crippen LogP) is 1.97. The van der Waals surface area contributed by atoms with Gasteiger partial charge in [0.2, 0.25) is 0 Å². The summed E-state index contributed by atoms with van der Waals surface area (Å²) >= 11 is 4.30. The van der Waals surface area contributed by atoms with Crippen LogP contribution in [-0.4, -0.2) is 0 Å². The van der Waals surface area contributed by atoms with E-state index in [4.69, 9.17) is 0 Å². The first kappa shape index (κ1) is 9.50. The molecule has 0 aromatic carbocycles. The Kier molecular flexibility index (Phi) is 21.3. The average molecular weight is 375 g/mol. The second kappa shape index (κ2) is 8.96. The topological polar surface area (TPSA) is 0 Å². The van der Waals surface area contributed by atoms with Gasteiger partial charge in [-0.25, -0.2) is 2.43 Å². The molecule has 0 spiro atoms. The monoisotopic (exact) mass is 374 g/mol. The van der Waals surface area contributed by atoms with Crippen LogP contribution < -0.4 is 0 Å². The SMILES string of the molecule is I[CH-]I.[Ag+]. The van der Waals surface area contributed by atoms with Gasteiger partial charge in [-0.2, -0.15) is 0 Å². The number of rotatable bonds is 0. The molecule has 0 radical (unpaired) electrons. The van der Waals surface area contributed by atoms with Gasteiger partial charge in [0.15, 0.2) is 0 Å². The van der Waals surface area contributed by atoms with E-state index in [1.165, 1.54) is 0 Å². The summed E-state index contributed by atoms with van der Waals surface area (Å²) in [5, 5.41) is 0. The Morgan fingerprint density at radius 3 is 1.25 bits per heavy atom. The molecule has 0 heterocycles. The van der Waals surface area contributed by atoms with Crippen LogP contribution in [-0.2, 0) is 22.4 Å². The van der Waals surface area contributed by atoms with Gasteiger partial charge in [-0.15, -0.1) is 0 Å². The van der Waals surface area contributed by atoms with Crippen molar-refractivity contribution in [3.05, 3.63) is 2.43 Å². The molecule has 0 amide bonds. The van der Waals surface area contributed by atoms with Crippen molar-refractivity contribution in [1.82, 2.24) is 0 Å². The fraction of sp³-hybridized carbons (Fsp3) is 0. The summed E-state index contributed by atoms with van der Waals surface area (Å²) in [6.07, 6.45) is 0. The van der Waals surface area contributed by atoms with Crippen LogP contribution in [0.4, 0.5) is 0 Å². The van der Waals surface area contributed by atoms with E-state index in [9.17, 15) is 0 Å². The molecule has 0 unspecified atom stereocenters. The van der Waals surface area contributed by atoms with Crippen LogP contribution in [0.1, 0.15) is 0 Å². The summed E-state index contributed by atoms with van der Waals surface area (Å²) in [5.41, 5.74) is 0. The van der Waals surface area contributed by atoms with Crippen molar-refractivity contribution in [2.24, 2.45) is 0 Å². The van der Waals surface area contributed by atoms with E-state index >= 15 is 0 Å². The van der Waals surface area contributed by atoms with Crippen LogP contribution in [0.5, 0.6) is 0 Å². The van der Waals surface area contributed by atoms with Gasteiger partial charge in [0.05, 0.1) is 0 Å². The average Bonchev–Trinajstić information content (AvgIpc) is 0.918. The van der Waals surface area contributed by atoms with E-state index in [1.54, 1.807) is 0 Å². The second-order valence-corrected chi connectivity index (χ2v) is 3.71. The van der Waals surface area contributed by atoms with Gasteiger partial charge >= 0.3 is 22.4 Å². The molecule has 0 saturated carbocycles. The molecule has 0 N–H and O–H groups in total. The first-order valence-electron chi connectivity index (χ1n) is 0.436. The summed E-state index contributed by atoms with van der Waals surface area (Å²) in [4.78, 5) is 0. The Bertz CT molecular complexity index is 6.00. The summed E-state index contributed by atoms with van der Waals surface area (Å²) in [5.74, 6) is 0. The molecule has 0 aromatic heterocycles. The Balaban J connectivity index is 0. The fourth-order valence-electron chi connectivity index (χ4n) is 0. The summed E-state index contributed by atoms with van der Waals surface area (Å²) in [6.45, 7) is 0. The van der Waals surface area contributed by atoms with Crippen molar-refractivity contribution in [1.29, 1.82) is 0 Å². The van der Waals surface area contributed by atoms with Crippen molar-refractivity contribution in [3.63, 3.8) is 0 Å². The summed E-state index contributed by atoms with van der Waals surface area (Å²) in [6, 6.07) is 0. The first-order valence-corrected chi connectivity index (χ1v) is 2.93. The van der Waals surface area contributed by atoms with Crippen LogP contribution in [0.25, 0.3) is 0 Å². The van der Waals surface area contributed by atoms with Gasteiger partial charge in [-0.05, 0) is 0 Å². The molecule has 0 atom stereocenters. The zero-order valence-electron chi connectivity index (χ0n) is 1.63. The largest absolute Gasteiger partial charge is 1.00 e.